The summed E-state index contributed by atoms with van der Waals surface area (Å²) in [5.74, 6) is 0. The molecule has 0 aliphatic heterocycles. The lowest BCUT2D eigenvalue weighted by atomic mass is 9.90. The lowest BCUT2D eigenvalue weighted by molar-refractivity contribution is -0.538. The number of anilines is 1. The number of hydrogen-bond donors (Lipinski definition) is 2. The number of H-pyrrole nitrogens is 1. The van der Waals surface area contributed by atoms with Crippen molar-refractivity contribution in [2.24, 2.45) is 5.10 Å². The van der Waals surface area contributed by atoms with Crippen molar-refractivity contribution in [3.05, 3.63) is 59.8 Å². The van der Waals surface area contributed by atoms with E-state index in [0.29, 0.717) is 34.5 Å². The summed E-state index contributed by atoms with van der Waals surface area (Å²) in [5.41, 5.74) is -3.46. The van der Waals surface area contributed by atoms with E-state index in [1.807, 2.05) is 18.4 Å². The molecule has 36 heavy (non-hydrogen) atoms. The van der Waals surface area contributed by atoms with E-state index < -0.39 is 23.6 Å². The zero-order valence-corrected chi connectivity index (χ0v) is 20.1. The van der Waals surface area contributed by atoms with E-state index in [2.05, 4.69) is 16.7 Å². The summed E-state index contributed by atoms with van der Waals surface area (Å²) in [5, 5.41) is 7.70. The van der Waals surface area contributed by atoms with Gasteiger partial charge in [-0.2, -0.15) is 31.4 Å². The zero-order chi connectivity index (χ0) is 27.1. The molecule has 2 aromatic carbocycles. The minimum absolute atomic E-state index is 0.0873. The maximum absolute atomic E-state index is 14.9. The number of hydrogen-bond acceptors (Lipinski definition) is 2. The average molecular weight is 515 g/mol. The van der Waals surface area contributed by atoms with E-state index >= 15 is 0 Å². The van der Waals surface area contributed by atoms with Crippen LogP contribution >= 0.6 is 0 Å². The molecule has 0 saturated carbocycles. The van der Waals surface area contributed by atoms with Gasteiger partial charge in [-0.25, -0.2) is 9.40 Å². The highest BCUT2D eigenvalue weighted by Crippen LogP contribution is 2.54. The first-order valence-corrected chi connectivity index (χ1v) is 11.1. The van der Waals surface area contributed by atoms with Crippen molar-refractivity contribution in [3.8, 4) is 11.3 Å². The number of hydrazone groups is 1. The zero-order valence-electron chi connectivity index (χ0n) is 20.1. The first kappa shape index (κ1) is 27.3. The fourth-order valence-corrected chi connectivity index (χ4v) is 4.24. The van der Waals surface area contributed by atoms with E-state index in [1.54, 1.807) is 44.1 Å². The number of alkyl halides is 7. The number of aromatic nitrogens is 1. The van der Waals surface area contributed by atoms with Crippen LogP contribution in [0.5, 0.6) is 0 Å². The molecule has 0 radical (unpaired) electrons. The summed E-state index contributed by atoms with van der Waals surface area (Å²) in [6, 6.07) is 6.62. The van der Waals surface area contributed by atoms with Crippen molar-refractivity contribution in [1.29, 1.82) is 0 Å². The van der Waals surface area contributed by atoms with Gasteiger partial charge in [0.15, 0.2) is 5.69 Å². The average Bonchev–Trinajstić information content (AvgIpc) is 3.16. The maximum atomic E-state index is 14.9. The van der Waals surface area contributed by atoms with Crippen molar-refractivity contribution >= 4 is 28.5 Å². The largest absolute Gasteiger partial charge is 0.435 e. The van der Waals surface area contributed by atoms with Gasteiger partial charge in [0, 0.05) is 46.2 Å². The highest BCUT2D eigenvalue weighted by molar-refractivity contribution is 5.94. The predicted octanol–water partition coefficient (Wildman–Crippen LogP) is 6.78. The molecule has 1 heterocycles. The van der Waals surface area contributed by atoms with Crippen LogP contribution in [0.4, 0.5) is 42.1 Å². The summed E-state index contributed by atoms with van der Waals surface area (Å²) >= 11 is 0. The van der Waals surface area contributed by atoms with Gasteiger partial charge in [0.05, 0.1) is 7.05 Å². The molecule has 0 spiro atoms. The van der Waals surface area contributed by atoms with E-state index in [4.69, 9.17) is 0 Å². The number of quaternary nitrogens is 1. The van der Waals surface area contributed by atoms with Crippen LogP contribution in [0.15, 0.2) is 48.2 Å². The molecule has 0 aliphatic rings. The van der Waals surface area contributed by atoms with Gasteiger partial charge in [0.1, 0.15) is 5.69 Å². The van der Waals surface area contributed by atoms with Crippen LogP contribution in [-0.4, -0.2) is 30.6 Å². The summed E-state index contributed by atoms with van der Waals surface area (Å²) in [6.07, 6.45) is -9.16. The van der Waals surface area contributed by atoms with Gasteiger partial charge >= 0.3 is 18.0 Å². The molecule has 11 heteroatoms. The molecular weight excluding hydrogens is 489 g/mol. The van der Waals surface area contributed by atoms with Crippen molar-refractivity contribution in [2.75, 3.05) is 12.1 Å². The van der Waals surface area contributed by atoms with Gasteiger partial charge in [-0.3, -0.25) is 0 Å². The minimum atomic E-state index is -6.18. The Morgan fingerprint density at radius 2 is 1.69 bits per heavy atom. The number of rotatable bonds is 7. The van der Waals surface area contributed by atoms with E-state index in [9.17, 15) is 30.7 Å². The Labute approximate surface area is 203 Å². The molecular formula is C25H26F7N4+. The Morgan fingerprint density at radius 1 is 1.06 bits per heavy atom. The Bertz CT molecular complexity index is 1290. The standard InChI is InChI=1S/C25H25F7N4/c1-6-15-11-17(23(26,24(27,28)29)25(30,31)32)13-18-14(4)21(35-22(15)18)16-9-10-20(19(12-16)33-5)36(8-3)34-7-2/h7-13,33,35H,3,6H2,1-2,4-5H3/p+1/b34-7-. The van der Waals surface area contributed by atoms with Crippen LogP contribution in [-0.2, 0) is 12.1 Å². The summed E-state index contributed by atoms with van der Waals surface area (Å²) in [6.45, 7) is 8.63. The normalized spacial score (nSPS) is 13.1. The molecule has 3 rings (SSSR count). The third-order valence-corrected chi connectivity index (χ3v) is 6.10. The molecule has 1 aromatic heterocycles. The van der Waals surface area contributed by atoms with Gasteiger partial charge in [-0.05, 0) is 49.6 Å². The lowest BCUT2D eigenvalue weighted by Gasteiger charge is -2.30. The van der Waals surface area contributed by atoms with Gasteiger partial charge in [0.2, 0.25) is 0 Å². The van der Waals surface area contributed by atoms with Crippen LogP contribution in [0.2, 0.25) is 0 Å². The summed E-state index contributed by atoms with van der Waals surface area (Å²) in [7, 11) is 1.81. The van der Waals surface area contributed by atoms with Crippen LogP contribution in [0.1, 0.15) is 30.5 Å². The molecule has 0 bridgehead atoms. The quantitative estimate of drug-likeness (QED) is 0.155. The molecule has 0 amide bonds. The second-order valence-corrected chi connectivity index (χ2v) is 8.15. The van der Waals surface area contributed by atoms with Gasteiger partial charge in [-0.15, -0.1) is 0 Å². The van der Waals surface area contributed by atoms with Crippen LogP contribution < -0.4 is 10.3 Å². The Kier molecular flexibility index (Phi) is 7.27. The molecule has 4 nitrogen and oxygen atoms in total. The van der Waals surface area contributed by atoms with E-state index in [0.717, 1.165) is 11.4 Å². The fraction of sp³-hybridized carbons (Fsp3) is 0.320. The number of aromatic amines is 1. The van der Waals surface area contributed by atoms with Gasteiger partial charge < -0.3 is 10.3 Å². The molecule has 0 saturated heterocycles. The summed E-state index contributed by atoms with van der Waals surface area (Å²) in [4.78, 5) is 3.13. The van der Waals surface area contributed by atoms with Crippen molar-refractivity contribution in [1.82, 2.24) is 4.98 Å². The first-order valence-electron chi connectivity index (χ1n) is 11.1. The number of nitrogens with one attached hydrogen (secondary N) is 1. The maximum Gasteiger partial charge on any atom is 0.435 e. The topological polar surface area (TPSA) is 48.0 Å². The molecule has 3 N–H and O–H groups in total. The molecule has 0 aliphatic carbocycles. The summed E-state index contributed by atoms with van der Waals surface area (Å²) < 4.78 is 95.5. The molecule has 0 fully saturated rings. The van der Waals surface area contributed by atoms with Crippen molar-refractivity contribution in [2.45, 2.75) is 45.2 Å². The highest BCUT2D eigenvalue weighted by Gasteiger charge is 2.73. The number of halogens is 7. The van der Waals surface area contributed by atoms with Crippen LogP contribution in [0, 0.1) is 6.92 Å². The van der Waals surface area contributed by atoms with Crippen molar-refractivity contribution < 1.29 is 36.0 Å². The smallest absolute Gasteiger partial charge is 0.354 e. The second-order valence-electron chi connectivity index (χ2n) is 8.15. The number of nitrogens with two attached hydrogens (primary N) is 1. The third-order valence-electron chi connectivity index (χ3n) is 6.10. The lowest BCUT2D eigenvalue weighted by Crippen LogP contribution is -2.73. The number of fused-ring (bicyclic) bond motifs is 1. The number of aryl methyl sites for hydroxylation is 2. The molecule has 3 aromatic rings. The van der Waals surface area contributed by atoms with Crippen LogP contribution in [0.25, 0.3) is 22.2 Å². The number of benzene rings is 2. The first-order chi connectivity index (χ1) is 16.7. The van der Waals surface area contributed by atoms with E-state index in [1.165, 1.54) is 6.20 Å². The predicted molar refractivity (Wildman–Crippen MR) is 127 cm³/mol. The molecule has 0 atom stereocenters. The van der Waals surface area contributed by atoms with E-state index in [-0.39, 0.29) is 17.4 Å². The number of nitrogens with zero attached hydrogens (tertiary/aromatic N) is 2. The highest BCUT2D eigenvalue weighted by atomic mass is 19.4. The Morgan fingerprint density at radius 3 is 2.19 bits per heavy atom. The molecule has 0 unspecified atom stereocenters. The SMILES string of the molecule is C=CN(/N=C\C)c1ccc(-c2[nH]c3c(CC)cc(C(F)(C(F)(F)F)C(F)(F)F)cc3c2C)cc1[NH2+]C. The van der Waals surface area contributed by atoms with Gasteiger partial charge in [-0.1, -0.05) is 19.6 Å². The van der Waals surface area contributed by atoms with Crippen LogP contribution in [0.3, 0.4) is 0 Å². The second kappa shape index (κ2) is 9.61. The fourth-order valence-electron chi connectivity index (χ4n) is 4.24. The third kappa shape index (κ3) is 4.36. The monoisotopic (exact) mass is 515 g/mol. The Balaban J connectivity index is 2.27. The minimum Gasteiger partial charge on any atom is -0.354 e. The van der Waals surface area contributed by atoms with Gasteiger partial charge in [0.25, 0.3) is 0 Å². The van der Waals surface area contributed by atoms with Crippen molar-refractivity contribution in [3.63, 3.8) is 0 Å². The molecule has 194 valence electrons. The Hall–Kier alpha value is -3.34.